The van der Waals surface area contributed by atoms with Gasteiger partial charge in [-0.15, -0.1) is 0 Å². The summed E-state index contributed by atoms with van der Waals surface area (Å²) in [7, 11) is 3.11. The van der Waals surface area contributed by atoms with Crippen molar-refractivity contribution in [2.24, 2.45) is 7.05 Å². The third-order valence-electron chi connectivity index (χ3n) is 5.76. The van der Waals surface area contributed by atoms with Gasteiger partial charge in [0, 0.05) is 29.9 Å². The molecular weight excluding hydrogens is 496 g/mol. The van der Waals surface area contributed by atoms with Crippen molar-refractivity contribution in [2.45, 2.75) is 51.8 Å². The number of carbonyl (C=O) groups is 3. The number of hydrogen-bond acceptors (Lipinski definition) is 6. The van der Waals surface area contributed by atoms with Crippen LogP contribution in [0.1, 0.15) is 56.1 Å². The van der Waals surface area contributed by atoms with Crippen molar-refractivity contribution in [3.63, 3.8) is 0 Å². The highest BCUT2D eigenvalue weighted by Gasteiger charge is 2.39. The summed E-state index contributed by atoms with van der Waals surface area (Å²) in [5, 5.41) is 9.50. The van der Waals surface area contributed by atoms with Crippen molar-refractivity contribution in [1.29, 1.82) is 0 Å². The van der Waals surface area contributed by atoms with Crippen LogP contribution in [-0.4, -0.2) is 52.0 Å². The lowest BCUT2D eigenvalue weighted by atomic mass is 9.94. The fourth-order valence-electron chi connectivity index (χ4n) is 3.74. The number of methoxy groups -OCH3 is 1. The normalized spacial score (nSPS) is 12.0. The van der Waals surface area contributed by atoms with E-state index < -0.39 is 35.2 Å². The van der Waals surface area contributed by atoms with Crippen molar-refractivity contribution in [3.8, 4) is 23.1 Å². The van der Waals surface area contributed by atoms with E-state index in [9.17, 15) is 14.4 Å². The SMILES string of the molecule is COC(=O)[C@@H](NC(=O)c1ccc(C#Cc2ccc(-c3ccnn3C)cc2)cc1)C(C)(C)NC(=O)OC(C)(C)C. The lowest BCUT2D eigenvalue weighted by Crippen LogP contribution is -2.62. The minimum absolute atomic E-state index is 0.322. The first-order valence-corrected chi connectivity index (χ1v) is 12.4. The van der Waals surface area contributed by atoms with Crippen LogP contribution in [-0.2, 0) is 21.3 Å². The Balaban J connectivity index is 1.69. The minimum Gasteiger partial charge on any atom is -0.467 e. The number of benzene rings is 2. The van der Waals surface area contributed by atoms with E-state index >= 15 is 0 Å². The summed E-state index contributed by atoms with van der Waals surface area (Å²) >= 11 is 0. The number of rotatable bonds is 6. The molecule has 2 amide bonds. The third-order valence-corrected chi connectivity index (χ3v) is 5.76. The second-order valence-corrected chi connectivity index (χ2v) is 10.5. The minimum atomic E-state index is -1.21. The first kappa shape index (κ1) is 29.0. The maximum Gasteiger partial charge on any atom is 0.408 e. The number of aryl methyl sites for hydroxylation is 1. The van der Waals surface area contributed by atoms with Gasteiger partial charge in [0.1, 0.15) is 11.6 Å². The number of esters is 1. The van der Waals surface area contributed by atoms with Crippen LogP contribution < -0.4 is 10.6 Å². The van der Waals surface area contributed by atoms with Gasteiger partial charge in [-0.3, -0.25) is 9.48 Å². The molecule has 3 rings (SSSR count). The Morgan fingerprint density at radius 1 is 0.897 bits per heavy atom. The zero-order chi connectivity index (χ0) is 28.8. The van der Waals surface area contributed by atoms with Crippen LogP contribution in [0.4, 0.5) is 4.79 Å². The van der Waals surface area contributed by atoms with Crippen LogP contribution in [0.25, 0.3) is 11.3 Å². The maximum absolute atomic E-state index is 13.0. The molecule has 1 aromatic heterocycles. The highest BCUT2D eigenvalue weighted by atomic mass is 16.6. The lowest BCUT2D eigenvalue weighted by molar-refractivity contribution is -0.144. The van der Waals surface area contributed by atoms with Gasteiger partial charge in [-0.1, -0.05) is 24.0 Å². The largest absolute Gasteiger partial charge is 0.467 e. The Morgan fingerprint density at radius 3 is 1.95 bits per heavy atom. The second-order valence-electron chi connectivity index (χ2n) is 10.5. The molecule has 3 aromatic rings. The van der Waals surface area contributed by atoms with E-state index in [0.717, 1.165) is 22.4 Å². The van der Waals surface area contributed by atoms with Crippen molar-refractivity contribution < 1.29 is 23.9 Å². The number of amides is 2. The zero-order valence-corrected chi connectivity index (χ0v) is 23.3. The number of ether oxygens (including phenoxy) is 2. The average Bonchev–Trinajstić information content (AvgIpc) is 3.30. The van der Waals surface area contributed by atoms with E-state index in [0.29, 0.717) is 5.56 Å². The van der Waals surface area contributed by atoms with Crippen LogP contribution in [0.2, 0.25) is 0 Å². The molecule has 0 aliphatic carbocycles. The monoisotopic (exact) mass is 530 g/mol. The van der Waals surface area contributed by atoms with Gasteiger partial charge in [0.15, 0.2) is 0 Å². The fourth-order valence-corrected chi connectivity index (χ4v) is 3.74. The van der Waals surface area contributed by atoms with E-state index in [2.05, 4.69) is 27.6 Å². The van der Waals surface area contributed by atoms with E-state index in [1.54, 1.807) is 65.1 Å². The molecule has 0 fully saturated rings. The zero-order valence-electron chi connectivity index (χ0n) is 23.3. The molecule has 0 saturated heterocycles. The summed E-state index contributed by atoms with van der Waals surface area (Å²) in [4.78, 5) is 37.8. The molecule has 0 unspecified atom stereocenters. The van der Waals surface area contributed by atoms with E-state index in [-0.39, 0.29) is 0 Å². The predicted octanol–water partition coefficient (Wildman–Crippen LogP) is 4.06. The maximum atomic E-state index is 13.0. The summed E-state index contributed by atoms with van der Waals surface area (Å²) in [5.74, 6) is 5.00. The average molecular weight is 531 g/mol. The van der Waals surface area contributed by atoms with Gasteiger partial charge in [-0.05, 0) is 82.6 Å². The molecule has 1 heterocycles. The van der Waals surface area contributed by atoms with Gasteiger partial charge < -0.3 is 20.1 Å². The molecular formula is C30H34N4O5. The third kappa shape index (κ3) is 7.95. The first-order valence-electron chi connectivity index (χ1n) is 12.4. The molecule has 2 N–H and O–H groups in total. The number of aromatic nitrogens is 2. The molecule has 39 heavy (non-hydrogen) atoms. The van der Waals surface area contributed by atoms with Crippen molar-refractivity contribution in [2.75, 3.05) is 7.11 Å². The Morgan fingerprint density at radius 2 is 1.46 bits per heavy atom. The molecule has 1 atom stereocenters. The van der Waals surface area contributed by atoms with Crippen molar-refractivity contribution in [1.82, 2.24) is 20.4 Å². The Labute approximate surface area is 228 Å². The van der Waals surface area contributed by atoms with E-state index in [4.69, 9.17) is 9.47 Å². The van der Waals surface area contributed by atoms with Gasteiger partial charge in [-0.2, -0.15) is 5.10 Å². The van der Waals surface area contributed by atoms with Gasteiger partial charge in [0.05, 0.1) is 18.3 Å². The molecule has 0 bridgehead atoms. The number of nitrogens with one attached hydrogen (secondary N) is 2. The first-order chi connectivity index (χ1) is 18.3. The van der Waals surface area contributed by atoms with Gasteiger partial charge >= 0.3 is 12.1 Å². The number of carbonyl (C=O) groups excluding carboxylic acids is 3. The molecule has 0 aliphatic rings. The summed E-state index contributed by atoms with van der Waals surface area (Å²) in [6.45, 7) is 8.38. The van der Waals surface area contributed by atoms with Crippen LogP contribution >= 0.6 is 0 Å². The molecule has 9 heteroatoms. The number of nitrogens with zero attached hydrogens (tertiary/aromatic N) is 2. The van der Waals surface area contributed by atoms with Gasteiger partial charge in [0.2, 0.25) is 0 Å². The molecule has 0 saturated carbocycles. The predicted molar refractivity (Wildman–Crippen MR) is 148 cm³/mol. The highest BCUT2D eigenvalue weighted by Crippen LogP contribution is 2.19. The van der Waals surface area contributed by atoms with Crippen molar-refractivity contribution in [3.05, 3.63) is 77.5 Å². The summed E-state index contributed by atoms with van der Waals surface area (Å²) < 4.78 is 12.0. The van der Waals surface area contributed by atoms with Crippen LogP contribution in [0.3, 0.4) is 0 Å². The van der Waals surface area contributed by atoms with Crippen molar-refractivity contribution >= 4 is 18.0 Å². The quantitative estimate of drug-likeness (QED) is 0.367. The molecule has 2 aromatic carbocycles. The Hall–Kier alpha value is -4.58. The van der Waals surface area contributed by atoms with Crippen LogP contribution in [0.5, 0.6) is 0 Å². The highest BCUT2D eigenvalue weighted by molar-refractivity contribution is 5.97. The topological polar surface area (TPSA) is 112 Å². The fraction of sp³-hybridized carbons (Fsp3) is 0.333. The Kier molecular flexibility index (Phi) is 8.81. The van der Waals surface area contributed by atoms with E-state index in [1.165, 1.54) is 7.11 Å². The lowest BCUT2D eigenvalue weighted by Gasteiger charge is -2.34. The molecule has 0 radical (unpaired) electrons. The van der Waals surface area contributed by atoms with Crippen LogP contribution in [0.15, 0.2) is 60.8 Å². The molecule has 0 aliphatic heterocycles. The van der Waals surface area contributed by atoms with Crippen LogP contribution in [0, 0.1) is 11.8 Å². The second kappa shape index (κ2) is 11.9. The summed E-state index contributed by atoms with van der Waals surface area (Å²) in [5.41, 5.74) is 2.03. The smallest absolute Gasteiger partial charge is 0.408 e. The number of alkyl carbamates (subject to hydrolysis) is 1. The Bertz CT molecular complexity index is 1390. The molecule has 9 nitrogen and oxygen atoms in total. The van der Waals surface area contributed by atoms with Gasteiger partial charge in [-0.25, -0.2) is 9.59 Å². The molecule has 204 valence electrons. The summed E-state index contributed by atoms with van der Waals surface area (Å²) in [6, 6.07) is 15.3. The van der Waals surface area contributed by atoms with Gasteiger partial charge in [0.25, 0.3) is 5.91 Å². The standard InChI is InChI=1S/C30H34N4O5/c1-29(2,3)39-28(37)33-30(4,5)25(27(36)38-7)32-26(35)23-16-12-21(13-17-23)9-8-20-10-14-22(15-11-20)24-18-19-31-34(24)6/h10-19,25H,1-7H3,(H,32,35)(H,33,37)/t25-/m1/s1. The van der Waals surface area contributed by atoms with E-state index in [1.807, 2.05) is 42.1 Å². The summed E-state index contributed by atoms with van der Waals surface area (Å²) in [6.07, 6.45) is 1.04. The number of hydrogen-bond donors (Lipinski definition) is 2. The molecule has 0 spiro atoms.